The van der Waals surface area contributed by atoms with Crippen molar-refractivity contribution < 1.29 is 9.53 Å². The van der Waals surface area contributed by atoms with Crippen LogP contribution in [0.25, 0.3) is 0 Å². The van der Waals surface area contributed by atoms with Gasteiger partial charge in [0.2, 0.25) is 0 Å². The van der Waals surface area contributed by atoms with Crippen molar-refractivity contribution in [2.24, 2.45) is 5.92 Å². The SMILES string of the molecule is Cc1ccc(NC(=O)C2OCCC2C)cc1N. The minimum absolute atomic E-state index is 0.0850. The van der Waals surface area contributed by atoms with E-state index in [0.29, 0.717) is 12.3 Å². The Morgan fingerprint density at radius 2 is 2.29 bits per heavy atom. The topological polar surface area (TPSA) is 64.3 Å². The van der Waals surface area contributed by atoms with Gasteiger partial charge in [0.1, 0.15) is 6.10 Å². The molecule has 1 aliphatic rings. The third-order valence-corrected chi connectivity index (χ3v) is 3.19. The molecule has 4 heteroatoms. The maximum atomic E-state index is 11.9. The fourth-order valence-corrected chi connectivity index (χ4v) is 1.96. The zero-order chi connectivity index (χ0) is 12.4. The summed E-state index contributed by atoms with van der Waals surface area (Å²) in [6.07, 6.45) is 0.603. The third kappa shape index (κ3) is 2.58. The van der Waals surface area contributed by atoms with Crippen molar-refractivity contribution in [3.63, 3.8) is 0 Å². The van der Waals surface area contributed by atoms with Crippen molar-refractivity contribution in [3.05, 3.63) is 23.8 Å². The molecule has 1 heterocycles. The second kappa shape index (κ2) is 4.75. The van der Waals surface area contributed by atoms with Crippen molar-refractivity contribution in [2.75, 3.05) is 17.7 Å². The Hall–Kier alpha value is -1.55. The van der Waals surface area contributed by atoms with Crippen LogP contribution in [0.5, 0.6) is 0 Å². The van der Waals surface area contributed by atoms with E-state index in [1.165, 1.54) is 0 Å². The van der Waals surface area contributed by atoms with Crippen molar-refractivity contribution in [1.82, 2.24) is 0 Å². The summed E-state index contributed by atoms with van der Waals surface area (Å²) in [5.74, 6) is 0.191. The van der Waals surface area contributed by atoms with Crippen molar-refractivity contribution in [2.45, 2.75) is 26.4 Å². The minimum Gasteiger partial charge on any atom is -0.398 e. The van der Waals surface area contributed by atoms with Crippen LogP contribution in [-0.4, -0.2) is 18.6 Å². The van der Waals surface area contributed by atoms with Gasteiger partial charge in [0.15, 0.2) is 0 Å². The van der Waals surface area contributed by atoms with Crippen LogP contribution in [0.3, 0.4) is 0 Å². The molecular formula is C13H18N2O2. The highest BCUT2D eigenvalue weighted by atomic mass is 16.5. The predicted molar refractivity (Wildman–Crippen MR) is 67.7 cm³/mol. The fraction of sp³-hybridized carbons (Fsp3) is 0.462. The summed E-state index contributed by atoms with van der Waals surface area (Å²) in [4.78, 5) is 11.9. The molecule has 0 spiro atoms. The van der Waals surface area contributed by atoms with Gasteiger partial charge < -0.3 is 15.8 Å². The second-order valence-corrected chi connectivity index (χ2v) is 4.62. The largest absolute Gasteiger partial charge is 0.398 e. The summed E-state index contributed by atoms with van der Waals surface area (Å²) >= 11 is 0. The molecule has 92 valence electrons. The molecule has 2 unspecified atom stereocenters. The fourth-order valence-electron chi connectivity index (χ4n) is 1.96. The van der Waals surface area contributed by atoms with Crippen molar-refractivity contribution in [1.29, 1.82) is 0 Å². The number of aryl methyl sites for hydroxylation is 1. The summed E-state index contributed by atoms with van der Waals surface area (Å²) in [6, 6.07) is 5.51. The van der Waals surface area contributed by atoms with Crippen LogP contribution in [-0.2, 0) is 9.53 Å². The average Bonchev–Trinajstić information content (AvgIpc) is 2.70. The quantitative estimate of drug-likeness (QED) is 0.769. The maximum Gasteiger partial charge on any atom is 0.253 e. The molecule has 0 radical (unpaired) electrons. The Morgan fingerprint density at radius 3 is 2.88 bits per heavy atom. The molecule has 1 aromatic carbocycles. The maximum absolute atomic E-state index is 11.9. The summed E-state index contributed by atoms with van der Waals surface area (Å²) in [6.45, 7) is 4.62. The molecule has 2 atom stereocenters. The van der Waals surface area contributed by atoms with Crippen LogP contribution >= 0.6 is 0 Å². The van der Waals surface area contributed by atoms with E-state index in [2.05, 4.69) is 5.32 Å². The summed E-state index contributed by atoms with van der Waals surface area (Å²) in [7, 11) is 0. The van der Waals surface area contributed by atoms with Crippen LogP contribution in [0.15, 0.2) is 18.2 Å². The Morgan fingerprint density at radius 1 is 1.53 bits per heavy atom. The lowest BCUT2D eigenvalue weighted by Crippen LogP contribution is -2.31. The molecule has 2 rings (SSSR count). The second-order valence-electron chi connectivity index (χ2n) is 4.62. The van der Waals surface area contributed by atoms with E-state index >= 15 is 0 Å². The van der Waals surface area contributed by atoms with E-state index in [4.69, 9.17) is 10.5 Å². The first-order valence-corrected chi connectivity index (χ1v) is 5.86. The van der Waals surface area contributed by atoms with E-state index in [1.807, 2.05) is 26.0 Å². The number of amides is 1. The highest BCUT2D eigenvalue weighted by molar-refractivity contribution is 5.95. The molecule has 0 saturated carbocycles. The first-order chi connectivity index (χ1) is 8.08. The standard InChI is InChI=1S/C13H18N2O2/c1-8-3-4-10(7-11(8)14)15-13(16)12-9(2)5-6-17-12/h3-4,7,9,12H,5-6,14H2,1-2H3,(H,15,16). The highest BCUT2D eigenvalue weighted by Gasteiger charge is 2.30. The number of nitrogens with one attached hydrogen (secondary N) is 1. The van der Waals surface area contributed by atoms with Crippen LogP contribution in [0.1, 0.15) is 18.9 Å². The Kier molecular flexibility index (Phi) is 3.33. The first-order valence-electron chi connectivity index (χ1n) is 5.86. The predicted octanol–water partition coefficient (Wildman–Crippen LogP) is 1.94. The Labute approximate surface area is 101 Å². The molecule has 1 amide bonds. The van der Waals surface area contributed by atoms with Gasteiger partial charge in [0, 0.05) is 18.0 Å². The number of hydrogen-bond acceptors (Lipinski definition) is 3. The molecule has 0 aromatic heterocycles. The number of hydrogen-bond donors (Lipinski definition) is 2. The lowest BCUT2D eigenvalue weighted by molar-refractivity contribution is -0.126. The van der Waals surface area contributed by atoms with Gasteiger partial charge in [0.05, 0.1) is 0 Å². The van der Waals surface area contributed by atoms with E-state index in [1.54, 1.807) is 6.07 Å². The van der Waals surface area contributed by atoms with Gasteiger partial charge >= 0.3 is 0 Å². The molecule has 1 fully saturated rings. The Bertz CT molecular complexity index is 431. The molecule has 0 bridgehead atoms. The van der Waals surface area contributed by atoms with Gasteiger partial charge in [-0.1, -0.05) is 13.0 Å². The van der Waals surface area contributed by atoms with Gasteiger partial charge in [-0.25, -0.2) is 0 Å². The van der Waals surface area contributed by atoms with Gasteiger partial charge in [-0.05, 0) is 37.0 Å². The van der Waals surface area contributed by atoms with Crippen LogP contribution < -0.4 is 11.1 Å². The minimum atomic E-state index is -0.336. The molecule has 3 N–H and O–H groups in total. The molecule has 1 aliphatic heterocycles. The van der Waals surface area contributed by atoms with E-state index in [0.717, 1.165) is 17.7 Å². The third-order valence-electron chi connectivity index (χ3n) is 3.19. The zero-order valence-corrected chi connectivity index (χ0v) is 10.2. The van der Waals surface area contributed by atoms with Gasteiger partial charge in [-0.2, -0.15) is 0 Å². The van der Waals surface area contributed by atoms with E-state index in [-0.39, 0.29) is 17.9 Å². The highest BCUT2D eigenvalue weighted by Crippen LogP contribution is 2.22. The Balaban J connectivity index is 2.05. The number of ether oxygens (including phenoxy) is 1. The van der Waals surface area contributed by atoms with E-state index in [9.17, 15) is 4.79 Å². The summed E-state index contributed by atoms with van der Waals surface area (Å²) in [5.41, 5.74) is 8.21. The summed E-state index contributed by atoms with van der Waals surface area (Å²) in [5, 5.41) is 2.84. The number of rotatable bonds is 2. The van der Waals surface area contributed by atoms with Crippen LogP contribution in [0, 0.1) is 12.8 Å². The number of carbonyl (C=O) groups is 1. The number of nitrogen functional groups attached to an aromatic ring is 1. The molecule has 1 aromatic rings. The molecule has 17 heavy (non-hydrogen) atoms. The van der Waals surface area contributed by atoms with E-state index < -0.39 is 0 Å². The number of carbonyl (C=O) groups excluding carboxylic acids is 1. The van der Waals surface area contributed by atoms with Crippen LogP contribution in [0.2, 0.25) is 0 Å². The number of nitrogens with two attached hydrogens (primary N) is 1. The zero-order valence-electron chi connectivity index (χ0n) is 10.2. The van der Waals surface area contributed by atoms with Gasteiger partial charge in [-0.3, -0.25) is 4.79 Å². The molecule has 4 nitrogen and oxygen atoms in total. The molecule has 0 aliphatic carbocycles. The first kappa shape index (κ1) is 11.9. The van der Waals surface area contributed by atoms with Crippen molar-refractivity contribution in [3.8, 4) is 0 Å². The molecular weight excluding hydrogens is 216 g/mol. The number of benzene rings is 1. The lowest BCUT2D eigenvalue weighted by atomic mass is 10.0. The lowest BCUT2D eigenvalue weighted by Gasteiger charge is -2.15. The smallest absolute Gasteiger partial charge is 0.253 e. The van der Waals surface area contributed by atoms with Crippen LogP contribution in [0.4, 0.5) is 11.4 Å². The monoisotopic (exact) mass is 234 g/mol. The van der Waals surface area contributed by atoms with Gasteiger partial charge in [0.25, 0.3) is 5.91 Å². The molecule has 1 saturated heterocycles. The normalized spacial score (nSPS) is 23.6. The summed E-state index contributed by atoms with van der Waals surface area (Å²) < 4.78 is 5.41. The average molecular weight is 234 g/mol. The van der Waals surface area contributed by atoms with Gasteiger partial charge in [-0.15, -0.1) is 0 Å². The van der Waals surface area contributed by atoms with Crippen molar-refractivity contribution >= 4 is 17.3 Å². The number of anilines is 2.